The predicted molar refractivity (Wildman–Crippen MR) is 73.5 cm³/mol. The number of rotatable bonds is 4. The first-order valence-electron chi connectivity index (χ1n) is 5.84. The Balaban J connectivity index is 2.00. The van der Waals surface area contributed by atoms with Gasteiger partial charge in [0.25, 0.3) is 0 Å². The normalized spacial score (nSPS) is 27.0. The number of nitrogens with one attached hydrogen (secondary N) is 1. The van der Waals surface area contributed by atoms with Crippen molar-refractivity contribution in [1.82, 2.24) is 25.5 Å². The van der Waals surface area contributed by atoms with Crippen molar-refractivity contribution in [2.45, 2.75) is 29.9 Å². The Morgan fingerprint density at radius 3 is 2.82 bits per heavy atom. The van der Waals surface area contributed by atoms with Crippen molar-refractivity contribution in [3.63, 3.8) is 0 Å². The third kappa shape index (κ3) is 3.35. The fourth-order valence-electron chi connectivity index (χ4n) is 2.08. The fraction of sp³-hybridized carbons (Fsp3) is 0.900. The number of aromatic nitrogens is 4. The van der Waals surface area contributed by atoms with Crippen molar-refractivity contribution < 1.29 is 0 Å². The molecule has 2 rings (SSSR count). The second kappa shape index (κ2) is 6.06. The van der Waals surface area contributed by atoms with Gasteiger partial charge >= 0.3 is 0 Å². The molecule has 17 heavy (non-hydrogen) atoms. The lowest BCUT2D eigenvalue weighted by Crippen LogP contribution is -2.44. The summed E-state index contributed by atoms with van der Waals surface area (Å²) in [5.74, 6) is 3.34. The number of nitrogens with zero attached hydrogens (tertiary/aromatic N) is 4. The van der Waals surface area contributed by atoms with Gasteiger partial charge in [0.15, 0.2) is 5.82 Å². The third-order valence-corrected chi connectivity index (χ3v) is 6.21. The summed E-state index contributed by atoms with van der Waals surface area (Å²) in [5.41, 5.74) is 0. The van der Waals surface area contributed by atoms with Crippen LogP contribution in [0.1, 0.15) is 12.7 Å². The first-order valence-corrected chi connectivity index (χ1v) is 7.94. The molecule has 96 valence electrons. The standard InChI is InChI=1S/C10H19N5S2/c1-7-10(17-5-4-16-7)8(11-2)6-9-12-14-15(3)13-9/h7-8,10-11H,4-6H2,1-3H3. The minimum Gasteiger partial charge on any atom is -0.315 e. The molecule has 1 saturated heterocycles. The second-order valence-electron chi connectivity index (χ2n) is 4.21. The van der Waals surface area contributed by atoms with E-state index in [1.54, 1.807) is 7.05 Å². The highest BCUT2D eigenvalue weighted by atomic mass is 32.2. The maximum absolute atomic E-state index is 4.26. The summed E-state index contributed by atoms with van der Waals surface area (Å²) in [6.45, 7) is 2.32. The van der Waals surface area contributed by atoms with Gasteiger partial charge < -0.3 is 5.32 Å². The summed E-state index contributed by atoms with van der Waals surface area (Å²) < 4.78 is 0. The van der Waals surface area contributed by atoms with Crippen LogP contribution in [0.3, 0.4) is 0 Å². The Morgan fingerprint density at radius 2 is 2.24 bits per heavy atom. The van der Waals surface area contributed by atoms with Gasteiger partial charge in [0, 0.05) is 34.5 Å². The Morgan fingerprint density at radius 1 is 1.47 bits per heavy atom. The molecule has 1 fully saturated rings. The fourth-order valence-corrected chi connectivity index (χ4v) is 5.08. The van der Waals surface area contributed by atoms with Crippen molar-refractivity contribution in [2.75, 3.05) is 18.6 Å². The average Bonchev–Trinajstić information content (AvgIpc) is 2.73. The lowest BCUT2D eigenvalue weighted by molar-refractivity contribution is 0.517. The van der Waals surface area contributed by atoms with Gasteiger partial charge in [-0.2, -0.15) is 28.3 Å². The van der Waals surface area contributed by atoms with E-state index in [1.165, 1.54) is 16.3 Å². The van der Waals surface area contributed by atoms with E-state index in [1.807, 2.05) is 7.05 Å². The molecule has 1 N–H and O–H groups in total. The molecule has 5 nitrogen and oxygen atoms in total. The summed E-state index contributed by atoms with van der Waals surface area (Å²) in [7, 11) is 3.83. The van der Waals surface area contributed by atoms with E-state index in [0.29, 0.717) is 16.5 Å². The van der Waals surface area contributed by atoms with Gasteiger partial charge in [-0.05, 0) is 12.3 Å². The number of hydrogen-bond donors (Lipinski definition) is 1. The molecule has 0 bridgehead atoms. The van der Waals surface area contributed by atoms with Crippen molar-refractivity contribution in [3.8, 4) is 0 Å². The van der Waals surface area contributed by atoms with Gasteiger partial charge in [0.05, 0.1) is 7.05 Å². The van der Waals surface area contributed by atoms with Gasteiger partial charge in [-0.25, -0.2) is 0 Å². The minimum absolute atomic E-state index is 0.423. The van der Waals surface area contributed by atoms with Crippen LogP contribution in [0.5, 0.6) is 0 Å². The van der Waals surface area contributed by atoms with Crippen molar-refractivity contribution in [2.24, 2.45) is 7.05 Å². The Hall–Kier alpha value is -0.270. The topological polar surface area (TPSA) is 55.6 Å². The van der Waals surface area contributed by atoms with Crippen LogP contribution in [0.15, 0.2) is 0 Å². The van der Waals surface area contributed by atoms with Crippen molar-refractivity contribution in [3.05, 3.63) is 5.82 Å². The number of thioether (sulfide) groups is 2. The number of likely N-dealkylation sites (N-methyl/N-ethyl adjacent to an activating group) is 1. The maximum Gasteiger partial charge on any atom is 0.176 e. The quantitative estimate of drug-likeness (QED) is 0.866. The van der Waals surface area contributed by atoms with Crippen LogP contribution >= 0.6 is 23.5 Å². The third-order valence-electron chi connectivity index (χ3n) is 2.96. The summed E-state index contributed by atoms with van der Waals surface area (Å²) in [4.78, 5) is 1.52. The molecule has 0 saturated carbocycles. The molecular formula is C10H19N5S2. The Bertz CT molecular complexity index is 356. The van der Waals surface area contributed by atoms with Gasteiger partial charge in [0.1, 0.15) is 0 Å². The molecule has 1 aromatic heterocycles. The zero-order valence-corrected chi connectivity index (χ0v) is 12.1. The summed E-state index contributed by atoms with van der Waals surface area (Å²) in [6, 6.07) is 0.423. The lowest BCUT2D eigenvalue weighted by atomic mass is 10.1. The summed E-state index contributed by atoms with van der Waals surface area (Å²) in [5, 5.41) is 16.9. The molecule has 3 atom stereocenters. The zero-order chi connectivity index (χ0) is 12.3. The average molecular weight is 273 g/mol. The van der Waals surface area contributed by atoms with Crippen LogP contribution in [0.2, 0.25) is 0 Å². The second-order valence-corrected chi connectivity index (χ2v) is 6.98. The molecule has 0 aromatic carbocycles. The number of tetrazole rings is 1. The molecular weight excluding hydrogens is 254 g/mol. The zero-order valence-electron chi connectivity index (χ0n) is 10.5. The highest BCUT2D eigenvalue weighted by Gasteiger charge is 2.30. The molecule has 1 aliphatic heterocycles. The molecule has 0 aliphatic carbocycles. The minimum atomic E-state index is 0.423. The molecule has 0 amide bonds. The molecule has 2 heterocycles. The van der Waals surface area contributed by atoms with Crippen LogP contribution < -0.4 is 5.32 Å². The largest absolute Gasteiger partial charge is 0.315 e. The summed E-state index contributed by atoms with van der Waals surface area (Å²) in [6.07, 6.45) is 0.854. The van der Waals surface area contributed by atoms with Gasteiger partial charge in [-0.1, -0.05) is 6.92 Å². The van der Waals surface area contributed by atoms with Crippen molar-refractivity contribution in [1.29, 1.82) is 0 Å². The molecule has 7 heteroatoms. The monoisotopic (exact) mass is 273 g/mol. The molecule has 0 radical (unpaired) electrons. The van der Waals surface area contributed by atoms with E-state index in [4.69, 9.17) is 0 Å². The van der Waals surface area contributed by atoms with Crippen LogP contribution in [0.25, 0.3) is 0 Å². The van der Waals surface area contributed by atoms with E-state index in [0.717, 1.165) is 12.2 Å². The Kier molecular flexibility index (Phi) is 4.69. The lowest BCUT2D eigenvalue weighted by Gasteiger charge is -2.33. The number of aryl methyl sites for hydroxylation is 1. The SMILES string of the molecule is CNC(Cc1nnn(C)n1)C1SCCSC1C. The Labute approximate surface area is 110 Å². The highest BCUT2D eigenvalue weighted by Crippen LogP contribution is 2.33. The first-order chi connectivity index (χ1) is 8.20. The molecule has 1 aromatic rings. The highest BCUT2D eigenvalue weighted by molar-refractivity contribution is 8.07. The van der Waals surface area contributed by atoms with Crippen LogP contribution in [-0.4, -0.2) is 55.3 Å². The molecule has 1 aliphatic rings. The van der Waals surface area contributed by atoms with Crippen LogP contribution in [-0.2, 0) is 13.5 Å². The van der Waals surface area contributed by atoms with E-state index in [9.17, 15) is 0 Å². The van der Waals surface area contributed by atoms with Crippen molar-refractivity contribution >= 4 is 23.5 Å². The van der Waals surface area contributed by atoms with E-state index in [2.05, 4.69) is 51.2 Å². The van der Waals surface area contributed by atoms with E-state index < -0.39 is 0 Å². The molecule has 0 spiro atoms. The van der Waals surface area contributed by atoms with Crippen LogP contribution in [0, 0.1) is 0 Å². The van der Waals surface area contributed by atoms with E-state index >= 15 is 0 Å². The number of hydrogen-bond acceptors (Lipinski definition) is 6. The first kappa shape index (κ1) is 13.2. The summed E-state index contributed by atoms with van der Waals surface area (Å²) >= 11 is 4.13. The molecule has 3 unspecified atom stereocenters. The maximum atomic E-state index is 4.26. The van der Waals surface area contributed by atoms with Gasteiger partial charge in [-0.3, -0.25) is 0 Å². The van der Waals surface area contributed by atoms with Gasteiger partial charge in [0.2, 0.25) is 0 Å². The van der Waals surface area contributed by atoms with E-state index in [-0.39, 0.29) is 0 Å². The van der Waals surface area contributed by atoms with Gasteiger partial charge in [-0.15, -0.1) is 10.2 Å². The van der Waals surface area contributed by atoms with Crippen LogP contribution in [0.4, 0.5) is 0 Å². The smallest absolute Gasteiger partial charge is 0.176 e. The predicted octanol–water partition coefficient (Wildman–Crippen LogP) is 0.578.